The van der Waals surface area contributed by atoms with Gasteiger partial charge in [0.1, 0.15) is 0 Å². The molecule has 0 bridgehead atoms. The predicted molar refractivity (Wildman–Crippen MR) is 64.7 cm³/mol. The van der Waals surface area contributed by atoms with Crippen molar-refractivity contribution >= 4 is 0 Å². The largest absolute Gasteiger partial charge is 0.324 e. The Morgan fingerprint density at radius 1 is 1.40 bits per heavy atom. The van der Waals surface area contributed by atoms with Gasteiger partial charge in [0, 0.05) is 17.4 Å². The van der Waals surface area contributed by atoms with Gasteiger partial charge in [0.15, 0.2) is 0 Å². The number of nitrogens with zero attached hydrogens (tertiary/aromatic N) is 1. The van der Waals surface area contributed by atoms with Crippen molar-refractivity contribution in [1.29, 1.82) is 0 Å². The van der Waals surface area contributed by atoms with Crippen LogP contribution in [0.3, 0.4) is 0 Å². The van der Waals surface area contributed by atoms with Gasteiger partial charge in [-0.25, -0.2) is 0 Å². The Bertz CT molecular complexity index is 335. The Hall–Kier alpha value is -1.15. The van der Waals surface area contributed by atoms with E-state index in [4.69, 9.17) is 5.73 Å². The minimum Gasteiger partial charge on any atom is -0.324 e. The zero-order valence-corrected chi connectivity index (χ0v) is 9.88. The van der Waals surface area contributed by atoms with Crippen LogP contribution >= 0.6 is 0 Å². The van der Waals surface area contributed by atoms with E-state index >= 15 is 0 Å². The van der Waals surface area contributed by atoms with Gasteiger partial charge in [-0.15, -0.1) is 6.58 Å². The van der Waals surface area contributed by atoms with Crippen molar-refractivity contribution in [3.8, 4) is 0 Å². The van der Waals surface area contributed by atoms with Gasteiger partial charge < -0.3 is 5.73 Å². The van der Waals surface area contributed by atoms with Crippen molar-refractivity contribution in [2.45, 2.75) is 39.7 Å². The van der Waals surface area contributed by atoms with Crippen LogP contribution < -0.4 is 5.73 Å². The molecule has 2 heteroatoms. The monoisotopic (exact) mass is 204 g/mol. The highest BCUT2D eigenvalue weighted by Crippen LogP contribution is 2.19. The summed E-state index contributed by atoms with van der Waals surface area (Å²) in [4.78, 5) is 4.34. The molecule has 0 saturated carbocycles. The molecule has 2 nitrogen and oxygen atoms in total. The highest BCUT2D eigenvalue weighted by molar-refractivity contribution is 5.23. The summed E-state index contributed by atoms with van der Waals surface area (Å²) >= 11 is 0. The third-order valence-electron chi connectivity index (χ3n) is 2.41. The molecular weight excluding hydrogens is 184 g/mol. The highest BCUT2D eigenvalue weighted by Gasteiger charge is 2.07. The van der Waals surface area contributed by atoms with Gasteiger partial charge in [0.2, 0.25) is 0 Å². The fraction of sp³-hybridized carbons (Fsp3) is 0.462. The first-order valence-corrected chi connectivity index (χ1v) is 5.34. The summed E-state index contributed by atoms with van der Waals surface area (Å²) in [5, 5.41) is 0. The summed E-state index contributed by atoms with van der Waals surface area (Å²) < 4.78 is 0. The normalized spacial score (nSPS) is 12.5. The Kier molecular flexibility index (Phi) is 4.04. The first-order chi connectivity index (χ1) is 6.99. The zero-order valence-electron chi connectivity index (χ0n) is 9.88. The van der Waals surface area contributed by atoms with E-state index in [2.05, 4.69) is 23.7 Å². The van der Waals surface area contributed by atoms with E-state index in [1.54, 1.807) is 0 Å². The SMILES string of the molecule is C=C(C)CCC(N)c1cc(C)nc(C)c1. The van der Waals surface area contributed by atoms with E-state index in [0.717, 1.165) is 24.2 Å². The Labute approximate surface area is 92.2 Å². The molecule has 0 saturated heterocycles. The van der Waals surface area contributed by atoms with Crippen molar-refractivity contribution in [2.75, 3.05) is 0 Å². The molecule has 1 aromatic heterocycles. The summed E-state index contributed by atoms with van der Waals surface area (Å²) in [7, 11) is 0. The van der Waals surface area contributed by atoms with Crippen LogP contribution in [0.4, 0.5) is 0 Å². The summed E-state index contributed by atoms with van der Waals surface area (Å²) in [5.41, 5.74) is 10.6. The summed E-state index contributed by atoms with van der Waals surface area (Å²) in [6.45, 7) is 9.93. The van der Waals surface area contributed by atoms with Gasteiger partial charge >= 0.3 is 0 Å². The maximum atomic E-state index is 6.11. The van der Waals surface area contributed by atoms with Crippen LogP contribution in [0.5, 0.6) is 0 Å². The smallest absolute Gasteiger partial charge is 0.0379 e. The van der Waals surface area contributed by atoms with E-state index in [1.807, 2.05) is 20.8 Å². The van der Waals surface area contributed by atoms with E-state index < -0.39 is 0 Å². The van der Waals surface area contributed by atoms with Crippen molar-refractivity contribution < 1.29 is 0 Å². The van der Waals surface area contributed by atoms with Crippen molar-refractivity contribution in [3.05, 3.63) is 41.2 Å². The minimum atomic E-state index is 0.0992. The zero-order chi connectivity index (χ0) is 11.4. The van der Waals surface area contributed by atoms with Crippen molar-refractivity contribution in [2.24, 2.45) is 5.73 Å². The maximum Gasteiger partial charge on any atom is 0.0379 e. The van der Waals surface area contributed by atoms with E-state index in [-0.39, 0.29) is 6.04 Å². The summed E-state index contributed by atoms with van der Waals surface area (Å²) in [6.07, 6.45) is 1.94. The number of allylic oxidation sites excluding steroid dienone is 1. The van der Waals surface area contributed by atoms with Crippen LogP contribution in [0.15, 0.2) is 24.3 Å². The lowest BCUT2D eigenvalue weighted by atomic mass is 10.0. The maximum absolute atomic E-state index is 6.11. The molecule has 0 spiro atoms. The lowest BCUT2D eigenvalue weighted by Gasteiger charge is -2.13. The van der Waals surface area contributed by atoms with Crippen LogP contribution in [0, 0.1) is 13.8 Å². The Balaban J connectivity index is 2.72. The number of hydrogen-bond acceptors (Lipinski definition) is 2. The molecule has 2 N–H and O–H groups in total. The molecule has 0 radical (unpaired) electrons. The number of pyridine rings is 1. The third-order valence-corrected chi connectivity index (χ3v) is 2.41. The second kappa shape index (κ2) is 5.08. The molecule has 1 heterocycles. The number of rotatable bonds is 4. The number of hydrogen-bond donors (Lipinski definition) is 1. The third kappa shape index (κ3) is 3.84. The fourth-order valence-corrected chi connectivity index (χ4v) is 1.65. The van der Waals surface area contributed by atoms with E-state index in [1.165, 1.54) is 11.1 Å². The van der Waals surface area contributed by atoms with E-state index in [0.29, 0.717) is 0 Å². The van der Waals surface area contributed by atoms with Gasteiger partial charge in [-0.2, -0.15) is 0 Å². The van der Waals surface area contributed by atoms with E-state index in [9.17, 15) is 0 Å². The first-order valence-electron chi connectivity index (χ1n) is 5.34. The molecule has 0 aliphatic rings. The molecule has 1 rings (SSSR count). The molecule has 82 valence electrons. The average Bonchev–Trinajstić information content (AvgIpc) is 2.12. The van der Waals surface area contributed by atoms with Crippen molar-refractivity contribution in [3.63, 3.8) is 0 Å². The molecule has 1 unspecified atom stereocenters. The van der Waals surface area contributed by atoms with Crippen LogP contribution in [0.1, 0.15) is 42.8 Å². The van der Waals surface area contributed by atoms with Crippen molar-refractivity contribution in [1.82, 2.24) is 4.98 Å². The highest BCUT2D eigenvalue weighted by atomic mass is 14.7. The molecule has 1 aromatic rings. The molecule has 0 aliphatic carbocycles. The van der Waals surface area contributed by atoms with Gasteiger partial charge in [0.05, 0.1) is 0 Å². The van der Waals surface area contributed by atoms with Crippen LogP contribution in [0.25, 0.3) is 0 Å². The molecular formula is C13H20N2. The van der Waals surface area contributed by atoms with Gasteiger partial charge in [0.25, 0.3) is 0 Å². The quantitative estimate of drug-likeness (QED) is 0.765. The minimum absolute atomic E-state index is 0.0992. The van der Waals surface area contributed by atoms with Gasteiger partial charge in [-0.05, 0) is 51.3 Å². The first kappa shape index (κ1) is 11.9. The predicted octanol–water partition coefficient (Wildman–Crippen LogP) is 3.05. The number of aryl methyl sites for hydroxylation is 2. The van der Waals surface area contributed by atoms with Gasteiger partial charge in [-0.1, -0.05) is 5.57 Å². The lowest BCUT2D eigenvalue weighted by molar-refractivity contribution is 0.647. The summed E-state index contributed by atoms with van der Waals surface area (Å²) in [5.74, 6) is 0. The Morgan fingerprint density at radius 3 is 2.40 bits per heavy atom. The van der Waals surface area contributed by atoms with Gasteiger partial charge in [-0.3, -0.25) is 4.98 Å². The number of nitrogens with two attached hydrogens (primary N) is 1. The fourth-order valence-electron chi connectivity index (χ4n) is 1.65. The van der Waals surface area contributed by atoms with Crippen LogP contribution in [-0.2, 0) is 0 Å². The topological polar surface area (TPSA) is 38.9 Å². The molecule has 0 amide bonds. The number of aromatic nitrogens is 1. The molecule has 0 aliphatic heterocycles. The molecule has 0 aromatic carbocycles. The second-order valence-corrected chi connectivity index (χ2v) is 4.29. The van der Waals surface area contributed by atoms with Crippen LogP contribution in [0.2, 0.25) is 0 Å². The Morgan fingerprint density at radius 2 is 1.93 bits per heavy atom. The average molecular weight is 204 g/mol. The molecule has 1 atom stereocenters. The standard InChI is InChI=1S/C13H20N2/c1-9(2)5-6-13(14)12-7-10(3)15-11(4)8-12/h7-8,13H,1,5-6,14H2,2-4H3. The second-order valence-electron chi connectivity index (χ2n) is 4.29. The summed E-state index contributed by atoms with van der Waals surface area (Å²) in [6, 6.07) is 4.23. The molecule has 0 fully saturated rings. The lowest BCUT2D eigenvalue weighted by Crippen LogP contribution is -2.11. The van der Waals surface area contributed by atoms with Crippen LogP contribution in [-0.4, -0.2) is 4.98 Å². The molecule has 15 heavy (non-hydrogen) atoms.